The molecule has 25 heavy (non-hydrogen) atoms. The number of carbonyl (C=O) groups is 3. The van der Waals surface area contributed by atoms with E-state index in [0.29, 0.717) is 12.8 Å². The number of hydrogen-bond donors (Lipinski definition) is 1. The normalized spacial score (nSPS) is 21.7. The van der Waals surface area contributed by atoms with Gasteiger partial charge in [0.2, 0.25) is 5.91 Å². The smallest absolute Gasteiger partial charge is 0.344 e. The summed E-state index contributed by atoms with van der Waals surface area (Å²) in [5, 5.41) is 2.83. The van der Waals surface area contributed by atoms with E-state index in [2.05, 4.69) is 5.32 Å². The number of hydrogen-bond acceptors (Lipinski definition) is 5. The fourth-order valence-corrected chi connectivity index (χ4v) is 4.43. The first kappa shape index (κ1) is 17.8. The Bertz CT molecular complexity index is 734. The summed E-state index contributed by atoms with van der Waals surface area (Å²) < 4.78 is 5.30. The van der Waals surface area contributed by atoms with Crippen LogP contribution in [0.1, 0.15) is 40.0 Å². The molecule has 7 heteroatoms. The third-order valence-electron chi connectivity index (χ3n) is 4.69. The zero-order chi connectivity index (χ0) is 18.2. The maximum Gasteiger partial charge on any atom is 0.344 e. The number of amides is 2. The highest BCUT2D eigenvalue weighted by Crippen LogP contribution is 2.56. The van der Waals surface area contributed by atoms with Crippen LogP contribution in [0.5, 0.6) is 0 Å². The Labute approximate surface area is 151 Å². The van der Waals surface area contributed by atoms with Crippen molar-refractivity contribution < 1.29 is 19.1 Å². The summed E-state index contributed by atoms with van der Waals surface area (Å²) in [5.74, 6) is -0.969. The van der Waals surface area contributed by atoms with E-state index in [9.17, 15) is 14.4 Å². The van der Waals surface area contributed by atoms with Crippen LogP contribution in [0.2, 0.25) is 0 Å². The largest absolute Gasteiger partial charge is 0.453 e. The van der Waals surface area contributed by atoms with Gasteiger partial charge in [0.05, 0.1) is 5.69 Å². The Morgan fingerprint density at radius 3 is 2.80 bits per heavy atom. The number of rotatable bonds is 5. The van der Waals surface area contributed by atoms with Gasteiger partial charge in [0, 0.05) is 23.3 Å². The number of fused-ring (bicyclic) bond motifs is 3. The van der Waals surface area contributed by atoms with Crippen molar-refractivity contribution in [1.82, 2.24) is 5.32 Å². The molecule has 0 saturated carbocycles. The molecule has 0 aromatic heterocycles. The topological polar surface area (TPSA) is 75.7 Å². The van der Waals surface area contributed by atoms with Crippen LogP contribution < -0.4 is 10.2 Å². The molecule has 2 heterocycles. The Balaban J connectivity index is 1.72. The van der Waals surface area contributed by atoms with Crippen molar-refractivity contribution >= 4 is 35.2 Å². The highest BCUT2D eigenvalue weighted by molar-refractivity contribution is 8.02. The number of anilines is 1. The van der Waals surface area contributed by atoms with Crippen molar-refractivity contribution in [1.29, 1.82) is 0 Å². The second-order valence-corrected chi connectivity index (χ2v) is 8.26. The first-order valence-electron chi connectivity index (χ1n) is 8.38. The lowest BCUT2D eigenvalue weighted by atomic mass is 10.0. The van der Waals surface area contributed by atoms with E-state index in [4.69, 9.17) is 4.74 Å². The molecule has 2 aliphatic rings. The van der Waals surface area contributed by atoms with Crippen LogP contribution >= 0.6 is 11.8 Å². The molecular weight excluding hydrogens is 340 g/mol. The minimum absolute atomic E-state index is 0.0917. The van der Waals surface area contributed by atoms with Gasteiger partial charge in [-0.25, -0.2) is 4.79 Å². The van der Waals surface area contributed by atoms with E-state index in [-0.39, 0.29) is 24.0 Å². The third kappa shape index (κ3) is 3.13. The monoisotopic (exact) mass is 362 g/mol. The zero-order valence-corrected chi connectivity index (χ0v) is 15.4. The lowest BCUT2D eigenvalue weighted by Gasteiger charge is -2.29. The lowest BCUT2D eigenvalue weighted by Crippen LogP contribution is -2.49. The SMILES string of the molecule is CCC(C)(C)NC(=O)COC(=O)[C@@]12CCC(=O)N1c1ccccc1S2. The van der Waals surface area contributed by atoms with Crippen LogP contribution in [0.15, 0.2) is 29.2 Å². The summed E-state index contributed by atoms with van der Waals surface area (Å²) in [6.07, 6.45) is 1.45. The first-order chi connectivity index (χ1) is 11.8. The number of carbonyl (C=O) groups excluding carboxylic acids is 3. The molecule has 0 aliphatic carbocycles. The van der Waals surface area contributed by atoms with Crippen molar-refractivity contribution in [2.45, 2.75) is 55.3 Å². The lowest BCUT2D eigenvalue weighted by molar-refractivity contribution is -0.151. The van der Waals surface area contributed by atoms with E-state index in [1.165, 1.54) is 16.7 Å². The molecule has 3 rings (SSSR count). The average Bonchev–Trinajstić information content (AvgIpc) is 3.08. The van der Waals surface area contributed by atoms with E-state index in [1.54, 1.807) is 0 Å². The van der Waals surface area contributed by atoms with Gasteiger partial charge in [-0.3, -0.25) is 14.5 Å². The van der Waals surface area contributed by atoms with Gasteiger partial charge < -0.3 is 10.1 Å². The summed E-state index contributed by atoms with van der Waals surface area (Å²) in [4.78, 5) is 38.5. The van der Waals surface area contributed by atoms with Gasteiger partial charge in [0.15, 0.2) is 11.5 Å². The molecule has 0 unspecified atom stereocenters. The van der Waals surface area contributed by atoms with Crippen LogP contribution in [0, 0.1) is 0 Å². The van der Waals surface area contributed by atoms with Gasteiger partial charge in [0.25, 0.3) is 5.91 Å². The van der Waals surface area contributed by atoms with Gasteiger partial charge in [0.1, 0.15) is 0 Å². The molecule has 0 spiro atoms. The number of thioether (sulfide) groups is 1. The number of esters is 1. The fourth-order valence-electron chi connectivity index (χ4n) is 3.02. The summed E-state index contributed by atoms with van der Waals surface area (Å²) in [7, 11) is 0. The molecule has 6 nitrogen and oxygen atoms in total. The molecule has 0 radical (unpaired) electrons. The standard InChI is InChI=1S/C18H22N2O4S/c1-4-17(2,3)19-14(21)11-24-16(23)18-10-9-15(22)20(18)12-7-5-6-8-13(12)25-18/h5-8H,4,9-11H2,1-3H3,(H,19,21)/t18-/m0/s1. The van der Waals surface area contributed by atoms with Crippen LogP contribution in [-0.2, 0) is 19.1 Å². The molecule has 1 aromatic rings. The first-order valence-corrected chi connectivity index (χ1v) is 9.20. The van der Waals surface area contributed by atoms with Gasteiger partial charge in [-0.1, -0.05) is 30.8 Å². The van der Waals surface area contributed by atoms with Crippen molar-refractivity contribution in [2.75, 3.05) is 11.5 Å². The number of benzene rings is 1. The molecule has 2 aliphatic heterocycles. The predicted molar refractivity (Wildman–Crippen MR) is 95.2 cm³/mol. The Morgan fingerprint density at radius 1 is 1.36 bits per heavy atom. The second kappa shape index (κ2) is 6.37. The van der Waals surface area contributed by atoms with Crippen LogP contribution in [-0.4, -0.2) is 34.8 Å². The van der Waals surface area contributed by atoms with E-state index < -0.39 is 10.8 Å². The average molecular weight is 362 g/mol. The molecular formula is C18H22N2O4S. The maximum absolute atomic E-state index is 12.8. The van der Waals surface area contributed by atoms with Crippen LogP contribution in [0.4, 0.5) is 5.69 Å². The van der Waals surface area contributed by atoms with Crippen molar-refractivity contribution in [3.05, 3.63) is 24.3 Å². The molecule has 2 amide bonds. The van der Waals surface area contributed by atoms with Crippen LogP contribution in [0.3, 0.4) is 0 Å². The number of ether oxygens (including phenoxy) is 1. The van der Waals surface area contributed by atoms with Crippen molar-refractivity contribution in [2.24, 2.45) is 0 Å². The molecule has 1 N–H and O–H groups in total. The van der Waals surface area contributed by atoms with Gasteiger partial charge >= 0.3 is 5.97 Å². The Kier molecular flexibility index (Phi) is 4.53. The van der Waals surface area contributed by atoms with E-state index in [1.807, 2.05) is 45.0 Å². The minimum atomic E-state index is -1.08. The second-order valence-electron chi connectivity index (χ2n) is 6.95. The molecule has 1 fully saturated rings. The summed E-state index contributed by atoms with van der Waals surface area (Å²) in [6, 6.07) is 7.43. The van der Waals surface area contributed by atoms with Crippen molar-refractivity contribution in [3.8, 4) is 0 Å². The molecule has 1 saturated heterocycles. The molecule has 1 aromatic carbocycles. The number of para-hydroxylation sites is 1. The Morgan fingerprint density at radius 2 is 2.08 bits per heavy atom. The van der Waals surface area contributed by atoms with E-state index >= 15 is 0 Å². The summed E-state index contributed by atoms with van der Waals surface area (Å²) >= 11 is 1.33. The number of nitrogens with one attached hydrogen (secondary N) is 1. The fraction of sp³-hybridized carbons (Fsp3) is 0.500. The molecule has 1 atom stereocenters. The minimum Gasteiger partial charge on any atom is -0.453 e. The molecule has 0 bridgehead atoms. The highest BCUT2D eigenvalue weighted by Gasteiger charge is 2.58. The van der Waals surface area contributed by atoms with Gasteiger partial charge in [-0.05, 0) is 32.4 Å². The van der Waals surface area contributed by atoms with E-state index in [0.717, 1.165) is 17.0 Å². The van der Waals surface area contributed by atoms with Crippen molar-refractivity contribution in [3.63, 3.8) is 0 Å². The zero-order valence-electron chi connectivity index (χ0n) is 14.6. The number of nitrogens with zero attached hydrogens (tertiary/aromatic N) is 1. The Hall–Kier alpha value is -2.02. The molecule has 134 valence electrons. The van der Waals surface area contributed by atoms with Gasteiger partial charge in [-0.15, -0.1) is 0 Å². The maximum atomic E-state index is 12.8. The third-order valence-corrected chi connectivity index (χ3v) is 6.14. The summed E-state index contributed by atoms with van der Waals surface area (Å²) in [6.45, 7) is 5.45. The summed E-state index contributed by atoms with van der Waals surface area (Å²) in [5.41, 5.74) is 0.388. The van der Waals surface area contributed by atoms with Crippen LogP contribution in [0.25, 0.3) is 0 Å². The predicted octanol–water partition coefficient (Wildman–Crippen LogP) is 2.46. The van der Waals surface area contributed by atoms with Gasteiger partial charge in [-0.2, -0.15) is 0 Å². The highest BCUT2D eigenvalue weighted by atomic mass is 32.2. The quantitative estimate of drug-likeness (QED) is 0.815.